The quantitative estimate of drug-likeness (QED) is 0.169. The van der Waals surface area contributed by atoms with Gasteiger partial charge in [0.1, 0.15) is 0 Å². The highest BCUT2D eigenvalue weighted by Gasteiger charge is 2.13. The number of benzene rings is 3. The molecule has 6 rings (SSSR count). The molecule has 1 fully saturated rings. The summed E-state index contributed by atoms with van der Waals surface area (Å²) in [6, 6.07) is 29.7. The standard InChI is InChI=1S/C12H12.C8H16.C8H10.2C7H9N.C2H6.CH4/c1-9-3-5-12-8-10(2)4-6-11(12)7-9;2*1-7-3-5-8(2)6-4-7;2*1-6-3-4-7(2)8-5-6;1-2;/h3-8H,1-2H3;7-8H,3-6H2,1-2H3;3-6H,1-2H3;2*3-5H,1-2H3;1-2H3;1H4. The molecule has 1 aliphatic carbocycles. The van der Waals surface area contributed by atoms with Crippen molar-refractivity contribution in [2.24, 2.45) is 11.8 Å². The molecule has 0 unspecified atom stereocenters. The normalized spacial score (nSPS) is 14.3. The van der Waals surface area contributed by atoms with E-state index in [1.807, 2.05) is 66.1 Å². The van der Waals surface area contributed by atoms with E-state index in [0.717, 1.165) is 23.2 Å². The average molecular weight is 635 g/mol. The lowest BCUT2D eigenvalue weighted by Gasteiger charge is -2.22. The van der Waals surface area contributed by atoms with Crippen LogP contribution in [-0.4, -0.2) is 9.97 Å². The zero-order valence-electron chi connectivity index (χ0n) is 31.1. The molecule has 1 aliphatic rings. The molecule has 5 aromatic rings. The Labute approximate surface area is 290 Å². The van der Waals surface area contributed by atoms with E-state index in [9.17, 15) is 0 Å². The zero-order valence-corrected chi connectivity index (χ0v) is 31.1. The van der Waals surface area contributed by atoms with Gasteiger partial charge in [-0.2, -0.15) is 0 Å². The summed E-state index contributed by atoms with van der Waals surface area (Å²) in [6.45, 7) is 25.2. The molecule has 0 saturated heterocycles. The fourth-order valence-electron chi connectivity index (χ4n) is 4.63. The van der Waals surface area contributed by atoms with E-state index in [-0.39, 0.29) is 7.43 Å². The van der Waals surface area contributed by atoms with Crippen molar-refractivity contribution in [2.45, 2.75) is 116 Å². The van der Waals surface area contributed by atoms with Crippen LogP contribution in [0.4, 0.5) is 0 Å². The molecule has 0 spiro atoms. The second kappa shape index (κ2) is 24.4. The number of pyridine rings is 2. The number of aryl methyl sites for hydroxylation is 8. The van der Waals surface area contributed by atoms with E-state index in [1.165, 1.54) is 69.8 Å². The van der Waals surface area contributed by atoms with Crippen molar-refractivity contribution in [3.05, 3.63) is 142 Å². The fraction of sp³-hybridized carbons (Fsp3) is 0.422. The van der Waals surface area contributed by atoms with E-state index < -0.39 is 0 Å². The molecule has 0 atom stereocenters. The monoisotopic (exact) mass is 635 g/mol. The first-order valence-corrected chi connectivity index (χ1v) is 17.2. The summed E-state index contributed by atoms with van der Waals surface area (Å²) in [6.07, 6.45) is 9.63. The maximum Gasteiger partial charge on any atom is 0.0372 e. The van der Waals surface area contributed by atoms with E-state index in [2.05, 4.69) is 124 Å². The third-order valence-electron chi connectivity index (χ3n) is 7.79. The first-order valence-electron chi connectivity index (χ1n) is 17.2. The first-order chi connectivity index (χ1) is 21.9. The maximum atomic E-state index is 4.08. The van der Waals surface area contributed by atoms with E-state index in [0.29, 0.717) is 0 Å². The van der Waals surface area contributed by atoms with Crippen LogP contribution >= 0.6 is 0 Å². The summed E-state index contributed by atoms with van der Waals surface area (Å²) in [5.41, 5.74) is 9.90. The second-order valence-electron chi connectivity index (χ2n) is 12.8. The van der Waals surface area contributed by atoms with Gasteiger partial charge in [-0.15, -0.1) is 0 Å². The van der Waals surface area contributed by atoms with Crippen LogP contribution in [0.3, 0.4) is 0 Å². The minimum Gasteiger partial charge on any atom is -0.261 e. The number of hydrogen-bond acceptors (Lipinski definition) is 2. The molecule has 47 heavy (non-hydrogen) atoms. The van der Waals surface area contributed by atoms with E-state index >= 15 is 0 Å². The predicted molar refractivity (Wildman–Crippen MR) is 212 cm³/mol. The van der Waals surface area contributed by atoms with Crippen LogP contribution in [-0.2, 0) is 0 Å². The Hall–Kier alpha value is -3.78. The molecule has 1 saturated carbocycles. The molecule has 2 nitrogen and oxygen atoms in total. The topological polar surface area (TPSA) is 25.8 Å². The summed E-state index contributed by atoms with van der Waals surface area (Å²) < 4.78 is 0. The van der Waals surface area contributed by atoms with Gasteiger partial charge in [0.25, 0.3) is 0 Å². The van der Waals surface area contributed by atoms with Crippen molar-refractivity contribution in [1.82, 2.24) is 9.97 Å². The molecular weight excluding hydrogens is 569 g/mol. The molecule has 0 bridgehead atoms. The molecule has 0 N–H and O–H groups in total. The lowest BCUT2D eigenvalue weighted by Crippen LogP contribution is -2.08. The summed E-state index contributed by atoms with van der Waals surface area (Å²) in [5.74, 6) is 2.04. The highest BCUT2D eigenvalue weighted by Crippen LogP contribution is 2.27. The lowest BCUT2D eigenvalue weighted by molar-refractivity contribution is 0.308. The van der Waals surface area contributed by atoms with Crippen molar-refractivity contribution in [3.8, 4) is 0 Å². The van der Waals surface area contributed by atoms with Gasteiger partial charge in [-0.3, -0.25) is 9.97 Å². The molecule has 0 radical (unpaired) electrons. The van der Waals surface area contributed by atoms with Gasteiger partial charge in [0.05, 0.1) is 0 Å². The van der Waals surface area contributed by atoms with Crippen molar-refractivity contribution < 1.29 is 0 Å². The molecular formula is C45H66N2. The van der Waals surface area contributed by atoms with Crippen LogP contribution in [0.2, 0.25) is 0 Å². The molecule has 3 aromatic carbocycles. The Morgan fingerprint density at radius 3 is 0.936 bits per heavy atom. The van der Waals surface area contributed by atoms with Crippen LogP contribution in [0.25, 0.3) is 10.8 Å². The third kappa shape index (κ3) is 20.1. The molecule has 0 amide bonds. The molecule has 2 heterocycles. The third-order valence-corrected chi connectivity index (χ3v) is 7.79. The highest BCUT2D eigenvalue weighted by molar-refractivity contribution is 5.83. The van der Waals surface area contributed by atoms with Crippen LogP contribution in [0, 0.1) is 67.2 Å². The van der Waals surface area contributed by atoms with Crippen molar-refractivity contribution >= 4 is 10.8 Å². The molecule has 2 aromatic heterocycles. The van der Waals surface area contributed by atoms with Crippen LogP contribution < -0.4 is 0 Å². The van der Waals surface area contributed by atoms with Crippen LogP contribution in [0.15, 0.2) is 97.3 Å². The smallest absolute Gasteiger partial charge is 0.0372 e. The Balaban J connectivity index is 0.000000559. The molecule has 2 heteroatoms. The van der Waals surface area contributed by atoms with Crippen molar-refractivity contribution in [3.63, 3.8) is 0 Å². The lowest BCUT2D eigenvalue weighted by atomic mass is 9.84. The maximum absolute atomic E-state index is 4.08. The van der Waals surface area contributed by atoms with Crippen LogP contribution in [0.1, 0.15) is 106 Å². The number of nitrogens with zero attached hydrogens (tertiary/aromatic N) is 2. The number of aromatic nitrogens is 2. The Morgan fingerprint density at radius 2 is 0.681 bits per heavy atom. The van der Waals surface area contributed by atoms with Gasteiger partial charge in [0.15, 0.2) is 0 Å². The first kappa shape index (κ1) is 43.2. The van der Waals surface area contributed by atoms with E-state index in [4.69, 9.17) is 0 Å². The highest BCUT2D eigenvalue weighted by atomic mass is 14.7. The van der Waals surface area contributed by atoms with Gasteiger partial charge in [-0.05, 0) is 101 Å². The van der Waals surface area contributed by atoms with Crippen molar-refractivity contribution in [1.29, 1.82) is 0 Å². The number of rotatable bonds is 0. The zero-order chi connectivity index (χ0) is 34.5. The summed E-state index contributed by atoms with van der Waals surface area (Å²) in [4.78, 5) is 8.16. The minimum atomic E-state index is 0. The van der Waals surface area contributed by atoms with E-state index in [1.54, 1.807) is 0 Å². The Kier molecular flexibility index (Phi) is 22.4. The summed E-state index contributed by atoms with van der Waals surface area (Å²) in [7, 11) is 0. The Morgan fingerprint density at radius 1 is 0.404 bits per heavy atom. The predicted octanol–water partition coefficient (Wildman–Crippen LogP) is 13.7. The average Bonchev–Trinajstić information content (AvgIpc) is 3.05. The second-order valence-corrected chi connectivity index (χ2v) is 12.8. The van der Waals surface area contributed by atoms with Gasteiger partial charge >= 0.3 is 0 Å². The van der Waals surface area contributed by atoms with Gasteiger partial charge < -0.3 is 0 Å². The van der Waals surface area contributed by atoms with Gasteiger partial charge in [0.2, 0.25) is 0 Å². The van der Waals surface area contributed by atoms with Gasteiger partial charge in [0, 0.05) is 23.8 Å². The van der Waals surface area contributed by atoms with Gasteiger partial charge in [-0.25, -0.2) is 0 Å². The number of hydrogen-bond donors (Lipinski definition) is 0. The van der Waals surface area contributed by atoms with Crippen LogP contribution in [0.5, 0.6) is 0 Å². The van der Waals surface area contributed by atoms with Crippen molar-refractivity contribution in [2.75, 3.05) is 0 Å². The molecule has 256 valence electrons. The fourth-order valence-corrected chi connectivity index (χ4v) is 4.63. The van der Waals surface area contributed by atoms with Gasteiger partial charge in [-0.1, -0.05) is 156 Å². The molecule has 0 aliphatic heterocycles. The largest absolute Gasteiger partial charge is 0.261 e. The SMILES string of the molecule is C.CC.CC1CCC(C)CC1.Cc1ccc(C)cc1.Cc1ccc(C)nc1.Cc1ccc(C)nc1.Cc1ccc2cc(C)ccc2c1. The Bertz CT molecular complexity index is 1260. The number of fused-ring (bicyclic) bond motifs is 1. The minimum absolute atomic E-state index is 0. The summed E-state index contributed by atoms with van der Waals surface area (Å²) >= 11 is 0. The summed E-state index contributed by atoms with van der Waals surface area (Å²) in [5, 5.41) is 2.67.